The number of aromatic nitrogens is 1. The summed E-state index contributed by atoms with van der Waals surface area (Å²) in [6, 6.07) is 7.94. The summed E-state index contributed by atoms with van der Waals surface area (Å²) in [6.45, 7) is 4.74. The second kappa shape index (κ2) is 4.82. The highest BCUT2D eigenvalue weighted by Gasteiger charge is 2.17. The van der Waals surface area contributed by atoms with Crippen molar-refractivity contribution in [3.8, 4) is 0 Å². The molecule has 18 heavy (non-hydrogen) atoms. The zero-order valence-corrected chi connectivity index (χ0v) is 11.0. The Hall–Kier alpha value is -1.81. The van der Waals surface area contributed by atoms with Crippen molar-refractivity contribution in [2.45, 2.75) is 19.4 Å². The second-order valence-corrected chi connectivity index (χ2v) is 4.92. The van der Waals surface area contributed by atoms with Crippen molar-refractivity contribution in [1.29, 1.82) is 0 Å². The summed E-state index contributed by atoms with van der Waals surface area (Å²) >= 11 is 0. The van der Waals surface area contributed by atoms with Crippen LogP contribution in [0.1, 0.15) is 13.8 Å². The number of hydrogen-bond acceptors (Lipinski definition) is 4. The third-order valence-corrected chi connectivity index (χ3v) is 3.05. The molecule has 0 aliphatic rings. The second-order valence-electron chi connectivity index (χ2n) is 4.92. The molecule has 2 rings (SSSR count). The number of anilines is 2. The van der Waals surface area contributed by atoms with E-state index in [0.29, 0.717) is 12.2 Å². The van der Waals surface area contributed by atoms with Crippen molar-refractivity contribution in [2.24, 2.45) is 0 Å². The third-order valence-electron chi connectivity index (χ3n) is 3.05. The lowest BCUT2D eigenvalue weighted by atomic mass is 10.1. The third kappa shape index (κ3) is 2.54. The van der Waals surface area contributed by atoms with Crippen LogP contribution in [0, 0.1) is 0 Å². The van der Waals surface area contributed by atoms with Gasteiger partial charge < -0.3 is 15.8 Å². The lowest BCUT2D eigenvalue weighted by Gasteiger charge is -2.24. The molecule has 0 unspecified atom stereocenters. The van der Waals surface area contributed by atoms with Crippen molar-refractivity contribution in [2.75, 3.05) is 24.7 Å². The largest absolute Gasteiger partial charge is 0.396 e. The summed E-state index contributed by atoms with van der Waals surface area (Å²) in [5.74, 6) is 0. The standard InChI is InChI=1S/C14H19N3O/c1-14(2,18-3)9-17-13-10-6-4-5-7-12(10)16-8-11(13)15/h4-8H,9,15H2,1-3H3,(H,16,17). The van der Waals surface area contributed by atoms with Gasteiger partial charge in [0.25, 0.3) is 0 Å². The van der Waals surface area contributed by atoms with Gasteiger partial charge in [0.1, 0.15) is 0 Å². The van der Waals surface area contributed by atoms with Gasteiger partial charge >= 0.3 is 0 Å². The van der Waals surface area contributed by atoms with Gasteiger partial charge in [0.05, 0.1) is 28.7 Å². The van der Waals surface area contributed by atoms with Gasteiger partial charge in [-0.15, -0.1) is 0 Å². The Morgan fingerprint density at radius 2 is 2.06 bits per heavy atom. The molecular formula is C14H19N3O. The highest BCUT2D eigenvalue weighted by atomic mass is 16.5. The molecule has 0 aliphatic carbocycles. The average molecular weight is 245 g/mol. The summed E-state index contributed by atoms with van der Waals surface area (Å²) in [6.07, 6.45) is 1.68. The number of rotatable bonds is 4. The van der Waals surface area contributed by atoms with Gasteiger partial charge in [-0.05, 0) is 19.9 Å². The highest BCUT2D eigenvalue weighted by Crippen LogP contribution is 2.28. The number of benzene rings is 1. The monoisotopic (exact) mass is 245 g/mol. The molecule has 4 nitrogen and oxygen atoms in total. The van der Waals surface area contributed by atoms with Crippen LogP contribution in [0.2, 0.25) is 0 Å². The highest BCUT2D eigenvalue weighted by molar-refractivity contribution is 5.96. The van der Waals surface area contributed by atoms with E-state index in [1.807, 2.05) is 38.1 Å². The number of para-hydroxylation sites is 1. The topological polar surface area (TPSA) is 60.2 Å². The van der Waals surface area contributed by atoms with Gasteiger partial charge in [-0.25, -0.2) is 0 Å². The van der Waals surface area contributed by atoms with Crippen molar-refractivity contribution >= 4 is 22.3 Å². The minimum atomic E-state index is -0.239. The molecule has 96 valence electrons. The zero-order valence-electron chi connectivity index (χ0n) is 11.0. The fourth-order valence-electron chi connectivity index (χ4n) is 1.73. The fraction of sp³-hybridized carbons (Fsp3) is 0.357. The number of methoxy groups -OCH3 is 1. The van der Waals surface area contributed by atoms with E-state index in [0.717, 1.165) is 16.6 Å². The van der Waals surface area contributed by atoms with E-state index in [9.17, 15) is 0 Å². The molecule has 0 amide bonds. The predicted octanol–water partition coefficient (Wildman–Crippen LogP) is 2.65. The Kier molecular flexibility index (Phi) is 3.39. The molecule has 0 bridgehead atoms. The van der Waals surface area contributed by atoms with Crippen LogP contribution in [-0.4, -0.2) is 24.2 Å². The SMILES string of the molecule is COC(C)(C)CNc1c(N)cnc2ccccc12. The quantitative estimate of drug-likeness (QED) is 0.869. The first-order valence-electron chi connectivity index (χ1n) is 5.96. The van der Waals surface area contributed by atoms with Gasteiger partial charge in [-0.3, -0.25) is 4.98 Å². The Bertz CT molecular complexity index is 552. The predicted molar refractivity (Wildman–Crippen MR) is 75.7 cm³/mol. The van der Waals surface area contributed by atoms with Gasteiger partial charge in [-0.1, -0.05) is 18.2 Å². The molecule has 0 saturated carbocycles. The summed E-state index contributed by atoms with van der Waals surface area (Å²) in [5, 5.41) is 4.39. The molecule has 1 heterocycles. The maximum Gasteiger partial charge on any atom is 0.0794 e. The number of nitrogens with one attached hydrogen (secondary N) is 1. The summed E-state index contributed by atoms with van der Waals surface area (Å²) in [7, 11) is 1.70. The van der Waals surface area contributed by atoms with Crippen LogP contribution in [0.5, 0.6) is 0 Å². The summed E-state index contributed by atoms with van der Waals surface area (Å²) < 4.78 is 5.39. The van der Waals surface area contributed by atoms with E-state index in [1.165, 1.54) is 0 Å². The van der Waals surface area contributed by atoms with E-state index in [2.05, 4.69) is 10.3 Å². The lowest BCUT2D eigenvalue weighted by Crippen LogP contribution is -2.32. The van der Waals surface area contributed by atoms with E-state index in [-0.39, 0.29) is 5.60 Å². The molecular weight excluding hydrogens is 226 g/mol. The van der Waals surface area contributed by atoms with E-state index < -0.39 is 0 Å². The Morgan fingerprint density at radius 3 is 2.78 bits per heavy atom. The van der Waals surface area contributed by atoms with Crippen LogP contribution >= 0.6 is 0 Å². The first kappa shape index (κ1) is 12.6. The molecule has 0 atom stereocenters. The number of pyridine rings is 1. The van der Waals surface area contributed by atoms with Crippen molar-refractivity contribution < 1.29 is 4.74 Å². The van der Waals surface area contributed by atoms with Crippen molar-refractivity contribution in [3.63, 3.8) is 0 Å². The summed E-state index contributed by atoms with van der Waals surface area (Å²) in [4.78, 5) is 4.31. The number of nitrogen functional groups attached to an aromatic ring is 1. The molecule has 4 heteroatoms. The number of fused-ring (bicyclic) bond motifs is 1. The fourth-order valence-corrected chi connectivity index (χ4v) is 1.73. The number of nitrogens with two attached hydrogens (primary N) is 1. The molecule has 1 aromatic heterocycles. The van der Waals surface area contributed by atoms with Crippen LogP contribution in [0.3, 0.4) is 0 Å². The Morgan fingerprint density at radius 1 is 1.33 bits per heavy atom. The Labute approximate surface area is 107 Å². The normalized spacial score (nSPS) is 11.7. The number of ether oxygens (including phenoxy) is 1. The van der Waals surface area contributed by atoms with E-state index in [4.69, 9.17) is 10.5 Å². The lowest BCUT2D eigenvalue weighted by molar-refractivity contribution is 0.0344. The number of hydrogen-bond donors (Lipinski definition) is 2. The molecule has 0 saturated heterocycles. The van der Waals surface area contributed by atoms with E-state index in [1.54, 1.807) is 13.3 Å². The maximum absolute atomic E-state index is 5.99. The first-order chi connectivity index (χ1) is 8.53. The molecule has 1 aromatic carbocycles. The van der Waals surface area contributed by atoms with Gasteiger partial charge in [0.2, 0.25) is 0 Å². The van der Waals surface area contributed by atoms with Crippen molar-refractivity contribution in [3.05, 3.63) is 30.5 Å². The molecule has 0 radical (unpaired) electrons. The maximum atomic E-state index is 5.99. The van der Waals surface area contributed by atoms with Crippen molar-refractivity contribution in [1.82, 2.24) is 4.98 Å². The zero-order chi connectivity index (χ0) is 13.2. The van der Waals surface area contributed by atoms with Gasteiger partial charge in [-0.2, -0.15) is 0 Å². The Balaban J connectivity index is 2.35. The smallest absolute Gasteiger partial charge is 0.0794 e. The van der Waals surface area contributed by atoms with Crippen LogP contribution in [0.15, 0.2) is 30.5 Å². The molecule has 3 N–H and O–H groups in total. The van der Waals surface area contributed by atoms with E-state index >= 15 is 0 Å². The first-order valence-corrected chi connectivity index (χ1v) is 5.96. The van der Waals surface area contributed by atoms with Crippen LogP contribution in [-0.2, 0) is 4.74 Å². The summed E-state index contributed by atoms with van der Waals surface area (Å²) in [5.41, 5.74) is 8.26. The molecule has 2 aromatic rings. The average Bonchev–Trinajstić information content (AvgIpc) is 2.37. The number of nitrogens with zero attached hydrogens (tertiary/aromatic N) is 1. The minimum absolute atomic E-state index is 0.239. The molecule has 0 fully saturated rings. The van der Waals surface area contributed by atoms with Crippen LogP contribution in [0.4, 0.5) is 11.4 Å². The van der Waals surface area contributed by atoms with Gasteiger partial charge in [0, 0.05) is 19.0 Å². The molecule has 0 spiro atoms. The molecule has 0 aliphatic heterocycles. The van der Waals surface area contributed by atoms with Crippen LogP contribution < -0.4 is 11.1 Å². The minimum Gasteiger partial charge on any atom is -0.396 e. The van der Waals surface area contributed by atoms with Gasteiger partial charge in [0.15, 0.2) is 0 Å². The van der Waals surface area contributed by atoms with Crippen LogP contribution in [0.25, 0.3) is 10.9 Å².